The van der Waals surface area contributed by atoms with Gasteiger partial charge in [-0.05, 0) is 90.6 Å². The third kappa shape index (κ3) is 7.22. The first-order valence-corrected chi connectivity index (χ1v) is 20.3. The van der Waals surface area contributed by atoms with Gasteiger partial charge < -0.3 is 15.1 Å². The van der Waals surface area contributed by atoms with E-state index >= 15 is 8.78 Å². The zero-order chi connectivity index (χ0) is 42.4. The second-order valence-corrected chi connectivity index (χ2v) is 17.0. The van der Waals surface area contributed by atoms with Crippen molar-refractivity contribution in [3.8, 4) is 11.1 Å². The normalized spacial score (nSPS) is 20.0. The fourth-order valence-corrected chi connectivity index (χ4v) is 9.89. The highest BCUT2D eigenvalue weighted by Crippen LogP contribution is 2.71. The van der Waals surface area contributed by atoms with Gasteiger partial charge in [0.1, 0.15) is 29.7 Å². The number of hydrogen-bond acceptors (Lipinski definition) is 7. The zero-order valence-electron chi connectivity index (χ0n) is 31.8. The number of nitrogens with one attached hydrogen (secondary N) is 1. The molecule has 60 heavy (non-hydrogen) atoms. The highest BCUT2D eigenvalue weighted by atomic mass is 35.5. The predicted molar refractivity (Wildman–Crippen MR) is 211 cm³/mol. The van der Waals surface area contributed by atoms with Crippen molar-refractivity contribution in [3.63, 3.8) is 0 Å². The topological polar surface area (TPSA) is 79.2 Å². The monoisotopic (exact) mass is 871 g/mol. The molecular weight excluding hydrogens is 838 g/mol. The van der Waals surface area contributed by atoms with E-state index in [2.05, 4.69) is 20.2 Å². The second kappa shape index (κ2) is 14.7. The van der Waals surface area contributed by atoms with Gasteiger partial charge in [0.05, 0.1) is 16.4 Å². The summed E-state index contributed by atoms with van der Waals surface area (Å²) in [6.07, 6.45) is -5.35. The standard InChI is InChI=1S/C42H34ClF8N7OS/c1-20-13-23(3-8-29(20)46)28-18-31-39(54-40(60-31)57-11-9-56(10-12-57)27-6-4-24(43)5-7-27)53-36(28)30(16-22-14-25(44)17-26(45)15-22)52-32(59)19-58-38-34(37(55-58)42(49,50)51)33-21(2)35(33)41(38,47)48/h3-8,13-15,17-18,21,30,33,35H,9-12,16,19H2,1-2H3,(H,52,59)/t21-,30?,33?,35?/m1/s1. The number of fused-ring (bicyclic) bond motifs is 4. The average molecular weight is 872 g/mol. The molecule has 4 atom stereocenters. The highest BCUT2D eigenvalue weighted by Gasteiger charge is 2.72. The Labute approximate surface area is 346 Å². The molecule has 2 aliphatic carbocycles. The van der Waals surface area contributed by atoms with Crippen molar-refractivity contribution in [2.24, 2.45) is 11.8 Å². The van der Waals surface area contributed by atoms with Gasteiger partial charge in [0.2, 0.25) is 5.91 Å². The first kappa shape index (κ1) is 40.1. The lowest BCUT2D eigenvalue weighted by molar-refractivity contribution is -0.142. The Bertz CT molecular complexity index is 2640. The van der Waals surface area contributed by atoms with Gasteiger partial charge in [0.25, 0.3) is 5.92 Å². The van der Waals surface area contributed by atoms with E-state index in [9.17, 15) is 31.1 Å². The molecule has 1 aliphatic heterocycles. The van der Waals surface area contributed by atoms with Gasteiger partial charge in [-0.3, -0.25) is 9.48 Å². The lowest BCUT2D eigenvalue weighted by Gasteiger charge is -2.35. The molecule has 0 bridgehead atoms. The maximum atomic E-state index is 15.6. The molecule has 0 radical (unpaired) electrons. The summed E-state index contributed by atoms with van der Waals surface area (Å²) in [5.74, 6) is -10.1. The van der Waals surface area contributed by atoms with Crippen LogP contribution in [0, 0.1) is 36.2 Å². The molecule has 4 heterocycles. The summed E-state index contributed by atoms with van der Waals surface area (Å²) in [5.41, 5.74) is -0.335. The van der Waals surface area contributed by atoms with Gasteiger partial charge >= 0.3 is 6.18 Å². The van der Waals surface area contributed by atoms with Crippen LogP contribution in [-0.4, -0.2) is 51.8 Å². The summed E-state index contributed by atoms with van der Waals surface area (Å²) >= 11 is 7.44. The van der Waals surface area contributed by atoms with E-state index in [1.54, 1.807) is 19.1 Å². The lowest BCUT2D eigenvalue weighted by atomic mass is 9.94. The molecule has 9 rings (SSSR count). The van der Waals surface area contributed by atoms with E-state index in [0.29, 0.717) is 62.9 Å². The van der Waals surface area contributed by atoms with E-state index in [1.807, 2.05) is 24.3 Å². The van der Waals surface area contributed by atoms with Crippen LogP contribution in [0.2, 0.25) is 5.02 Å². The number of aromatic nitrogens is 4. The number of thiazole rings is 1. The number of alkyl halides is 5. The van der Waals surface area contributed by atoms with Gasteiger partial charge in [0, 0.05) is 65.9 Å². The third-order valence-corrected chi connectivity index (χ3v) is 12.9. The number of amides is 1. The van der Waals surface area contributed by atoms with Gasteiger partial charge in [-0.15, -0.1) is 0 Å². The zero-order valence-corrected chi connectivity index (χ0v) is 33.4. The van der Waals surface area contributed by atoms with E-state index in [4.69, 9.17) is 21.6 Å². The highest BCUT2D eigenvalue weighted by molar-refractivity contribution is 7.22. The molecule has 3 unspecified atom stereocenters. The van der Waals surface area contributed by atoms with Crippen molar-refractivity contribution in [2.45, 2.75) is 50.9 Å². The summed E-state index contributed by atoms with van der Waals surface area (Å²) in [5, 5.41) is 7.51. The molecule has 312 valence electrons. The van der Waals surface area contributed by atoms with Crippen LogP contribution >= 0.6 is 22.9 Å². The number of rotatable bonds is 9. The molecule has 6 aromatic rings. The maximum Gasteiger partial charge on any atom is 0.435 e. The number of hydrogen-bond donors (Lipinski definition) is 1. The number of anilines is 2. The van der Waals surface area contributed by atoms with Gasteiger partial charge in [-0.25, -0.2) is 18.2 Å². The fourth-order valence-electron chi connectivity index (χ4n) is 8.76. The van der Waals surface area contributed by atoms with Crippen LogP contribution in [-0.2, 0) is 29.9 Å². The number of pyridine rings is 1. The quantitative estimate of drug-likeness (QED) is 0.146. The van der Waals surface area contributed by atoms with Crippen molar-refractivity contribution in [1.29, 1.82) is 0 Å². The molecule has 0 spiro atoms. The van der Waals surface area contributed by atoms with Crippen molar-refractivity contribution in [3.05, 3.63) is 123 Å². The molecule has 18 heteroatoms. The SMILES string of the molecule is Cc1cc(-c2cc3sc(N4CCN(c5ccc(Cl)cc5)CC4)nc3nc2C(Cc2cc(F)cc(F)c2)NC(=O)Cn2nc(C(F)(F)F)c3c2C(F)(F)C2C3[C@H]2C)ccc1F. The summed E-state index contributed by atoms with van der Waals surface area (Å²) in [7, 11) is 0. The van der Waals surface area contributed by atoms with Crippen LogP contribution < -0.4 is 15.1 Å². The Morgan fingerprint density at radius 3 is 2.30 bits per heavy atom. The lowest BCUT2D eigenvalue weighted by Crippen LogP contribution is -2.46. The minimum atomic E-state index is -5.05. The summed E-state index contributed by atoms with van der Waals surface area (Å²) in [6.45, 7) is 4.60. The van der Waals surface area contributed by atoms with E-state index in [-0.39, 0.29) is 28.9 Å². The number of benzene rings is 3. The van der Waals surface area contributed by atoms with Crippen LogP contribution in [0.4, 0.5) is 45.9 Å². The number of piperazine rings is 1. The predicted octanol–water partition coefficient (Wildman–Crippen LogP) is 9.83. The van der Waals surface area contributed by atoms with Crippen LogP contribution in [0.15, 0.2) is 66.7 Å². The van der Waals surface area contributed by atoms with Crippen molar-refractivity contribution < 1.29 is 39.9 Å². The van der Waals surface area contributed by atoms with Crippen LogP contribution in [0.5, 0.6) is 0 Å². The molecule has 3 aliphatic rings. The van der Waals surface area contributed by atoms with Crippen molar-refractivity contribution >= 4 is 50.0 Å². The van der Waals surface area contributed by atoms with Gasteiger partial charge in [-0.1, -0.05) is 35.9 Å². The van der Waals surface area contributed by atoms with Crippen molar-refractivity contribution in [2.75, 3.05) is 36.0 Å². The van der Waals surface area contributed by atoms with E-state index < -0.39 is 82.7 Å². The largest absolute Gasteiger partial charge is 0.435 e. The van der Waals surface area contributed by atoms with Crippen LogP contribution in [0.1, 0.15) is 52.7 Å². The summed E-state index contributed by atoms with van der Waals surface area (Å²) < 4.78 is 119. The third-order valence-electron chi connectivity index (χ3n) is 11.6. The minimum absolute atomic E-state index is 0.0819. The summed E-state index contributed by atoms with van der Waals surface area (Å²) in [4.78, 5) is 28.0. The van der Waals surface area contributed by atoms with Gasteiger partial charge in [0.15, 0.2) is 16.5 Å². The molecule has 1 saturated heterocycles. The summed E-state index contributed by atoms with van der Waals surface area (Å²) in [6, 6.07) is 15.2. The van der Waals surface area contributed by atoms with E-state index in [1.165, 1.54) is 30.4 Å². The Balaban J connectivity index is 1.09. The molecule has 3 aromatic heterocycles. The molecule has 1 saturated carbocycles. The van der Waals surface area contributed by atoms with Crippen LogP contribution in [0.25, 0.3) is 21.5 Å². The molecule has 2 fully saturated rings. The van der Waals surface area contributed by atoms with Gasteiger partial charge in [-0.2, -0.15) is 32.0 Å². The first-order chi connectivity index (χ1) is 28.5. The number of nitrogens with zero attached hydrogens (tertiary/aromatic N) is 6. The van der Waals surface area contributed by atoms with Crippen molar-refractivity contribution in [1.82, 2.24) is 25.1 Å². The van der Waals surface area contributed by atoms with Crippen LogP contribution in [0.3, 0.4) is 0 Å². The molecule has 8 nitrogen and oxygen atoms in total. The second-order valence-electron chi connectivity index (χ2n) is 15.6. The Morgan fingerprint density at radius 1 is 0.950 bits per heavy atom. The number of carbonyl (C=O) groups is 1. The smallest absolute Gasteiger partial charge is 0.368 e. The maximum absolute atomic E-state index is 15.6. The minimum Gasteiger partial charge on any atom is -0.368 e. The van der Waals surface area contributed by atoms with E-state index in [0.717, 1.165) is 17.8 Å². The molecule has 1 N–H and O–H groups in total. The average Bonchev–Trinajstić information content (AvgIpc) is 3.42. The first-order valence-electron chi connectivity index (χ1n) is 19.1. The fraction of sp³-hybridized carbons (Fsp3) is 0.333. The number of halogens is 9. The number of carbonyl (C=O) groups excluding carboxylic acids is 1. The molecule has 3 aromatic carbocycles. The Morgan fingerprint density at radius 2 is 1.63 bits per heavy atom. The Hall–Kier alpha value is -5.29. The Kier molecular flexibility index (Phi) is 9.84. The number of aryl methyl sites for hydroxylation is 1. The molecule has 1 amide bonds. The molecular formula is C42H34ClF8N7OS.